The minimum Gasteiger partial charge on any atom is -0.352 e. The number of para-hydroxylation sites is 1. The predicted molar refractivity (Wildman–Crippen MR) is 145 cm³/mol. The Kier molecular flexibility index (Phi) is 4.85. The number of anilines is 2. The van der Waals surface area contributed by atoms with Gasteiger partial charge in [0.05, 0.1) is 23.6 Å². The normalized spacial score (nSPS) is 23.8. The largest absolute Gasteiger partial charge is 0.352 e. The fraction of sp³-hybridized carbons (Fsp3) is 0.129. The molecule has 0 radical (unpaired) electrons. The van der Waals surface area contributed by atoms with Crippen LogP contribution in [0.15, 0.2) is 97.1 Å². The van der Waals surface area contributed by atoms with E-state index in [2.05, 4.69) is 0 Å². The molecule has 4 aromatic rings. The van der Waals surface area contributed by atoms with Crippen LogP contribution in [0.2, 0.25) is 5.02 Å². The van der Waals surface area contributed by atoms with Crippen LogP contribution in [0, 0.1) is 11.8 Å². The van der Waals surface area contributed by atoms with Crippen LogP contribution in [0.4, 0.5) is 11.4 Å². The van der Waals surface area contributed by atoms with E-state index in [1.165, 1.54) is 4.90 Å². The molecular formula is C31H21ClN2O3. The lowest BCUT2D eigenvalue weighted by molar-refractivity contribution is -0.122. The number of amides is 2. The first kappa shape index (κ1) is 22.0. The van der Waals surface area contributed by atoms with Crippen molar-refractivity contribution in [1.82, 2.24) is 0 Å². The summed E-state index contributed by atoms with van der Waals surface area (Å²) >= 11 is 6.08. The summed E-state index contributed by atoms with van der Waals surface area (Å²) in [5, 5.41) is 2.50. The molecule has 3 heterocycles. The highest BCUT2D eigenvalue weighted by Gasteiger charge is 2.64. The molecule has 5 nitrogen and oxygen atoms in total. The summed E-state index contributed by atoms with van der Waals surface area (Å²) in [5.41, 5.74) is 2.81. The van der Waals surface area contributed by atoms with Crippen molar-refractivity contribution < 1.29 is 14.4 Å². The zero-order valence-corrected chi connectivity index (χ0v) is 20.4. The lowest BCUT2D eigenvalue weighted by atomic mass is 9.86. The summed E-state index contributed by atoms with van der Waals surface area (Å²) in [6.45, 7) is 0. The number of hydrogen-bond acceptors (Lipinski definition) is 4. The second-order valence-electron chi connectivity index (χ2n) is 9.73. The molecule has 37 heavy (non-hydrogen) atoms. The maximum absolute atomic E-state index is 14.1. The number of halogens is 1. The summed E-state index contributed by atoms with van der Waals surface area (Å²) in [6.07, 6.45) is 3.95. The van der Waals surface area contributed by atoms with Crippen molar-refractivity contribution in [3.8, 4) is 0 Å². The van der Waals surface area contributed by atoms with Gasteiger partial charge in [0.1, 0.15) is 6.04 Å². The molecule has 0 bridgehead atoms. The molecule has 2 amide bonds. The average Bonchev–Trinajstić information content (AvgIpc) is 3.41. The third-order valence-corrected chi connectivity index (χ3v) is 8.06. The van der Waals surface area contributed by atoms with Gasteiger partial charge in [0, 0.05) is 16.3 Å². The molecule has 0 unspecified atom stereocenters. The van der Waals surface area contributed by atoms with E-state index in [0.29, 0.717) is 16.3 Å². The van der Waals surface area contributed by atoms with Crippen molar-refractivity contribution >= 4 is 57.4 Å². The summed E-state index contributed by atoms with van der Waals surface area (Å²) in [7, 11) is 0. The number of Topliss-reactive ketones (excluding diaryl/α,β-unsaturated/α-hetero) is 1. The second kappa shape index (κ2) is 8.15. The summed E-state index contributed by atoms with van der Waals surface area (Å²) in [5.74, 6) is -2.26. The average molecular weight is 505 g/mol. The van der Waals surface area contributed by atoms with Crippen molar-refractivity contribution in [2.24, 2.45) is 11.8 Å². The van der Waals surface area contributed by atoms with E-state index >= 15 is 0 Å². The molecule has 0 N–H and O–H groups in total. The highest BCUT2D eigenvalue weighted by atomic mass is 35.5. The van der Waals surface area contributed by atoms with Crippen LogP contribution in [-0.4, -0.2) is 29.7 Å². The van der Waals surface area contributed by atoms with Gasteiger partial charge < -0.3 is 4.90 Å². The third kappa shape index (κ3) is 3.20. The zero-order valence-electron chi connectivity index (χ0n) is 19.6. The molecule has 0 aliphatic carbocycles. The van der Waals surface area contributed by atoms with Gasteiger partial charge in [-0.1, -0.05) is 72.3 Å². The Hall–Kier alpha value is -4.22. The Balaban J connectivity index is 1.36. The zero-order chi connectivity index (χ0) is 25.3. The Labute approximate surface area is 218 Å². The minimum absolute atomic E-state index is 0.194. The van der Waals surface area contributed by atoms with Crippen LogP contribution in [0.25, 0.3) is 16.8 Å². The van der Waals surface area contributed by atoms with Gasteiger partial charge in [-0.15, -0.1) is 0 Å². The quantitative estimate of drug-likeness (QED) is 0.263. The molecule has 7 rings (SSSR count). The van der Waals surface area contributed by atoms with Gasteiger partial charge >= 0.3 is 0 Å². The molecule has 4 aromatic carbocycles. The van der Waals surface area contributed by atoms with Crippen molar-refractivity contribution in [3.63, 3.8) is 0 Å². The monoisotopic (exact) mass is 504 g/mol. The standard InChI is InChI=1S/C31H21ClN2O3/c32-22-13-9-20(10-14-22)29(35)28-27-26(25-16-12-19-6-3-4-8-24(19)34(25)28)30(36)33(31(27)37)23-15-11-18-5-1-2-7-21(18)17-23/h1-17,25-28H/t25-,26-,27-,28+/m1/s1. The molecule has 2 fully saturated rings. The maximum Gasteiger partial charge on any atom is 0.240 e. The van der Waals surface area contributed by atoms with Gasteiger partial charge in [-0.2, -0.15) is 0 Å². The van der Waals surface area contributed by atoms with Crippen LogP contribution in [0.5, 0.6) is 0 Å². The number of nitrogens with zero attached hydrogens (tertiary/aromatic N) is 2. The molecule has 6 heteroatoms. The second-order valence-corrected chi connectivity index (χ2v) is 10.2. The predicted octanol–water partition coefficient (Wildman–Crippen LogP) is 5.77. The number of ketones is 1. The van der Waals surface area contributed by atoms with Crippen molar-refractivity contribution in [2.45, 2.75) is 12.1 Å². The first-order valence-corrected chi connectivity index (χ1v) is 12.6. The van der Waals surface area contributed by atoms with E-state index in [1.54, 1.807) is 30.3 Å². The molecule has 2 saturated heterocycles. The number of benzene rings is 4. The van der Waals surface area contributed by atoms with Gasteiger partial charge in [0.2, 0.25) is 11.8 Å². The fourth-order valence-corrected chi connectivity index (χ4v) is 6.29. The Morgan fingerprint density at radius 2 is 1.46 bits per heavy atom. The number of imide groups is 1. The summed E-state index contributed by atoms with van der Waals surface area (Å²) in [4.78, 5) is 45.3. The lowest BCUT2D eigenvalue weighted by Crippen LogP contribution is -2.48. The van der Waals surface area contributed by atoms with Crippen LogP contribution in [0.1, 0.15) is 15.9 Å². The molecule has 0 aromatic heterocycles. The van der Waals surface area contributed by atoms with Crippen LogP contribution >= 0.6 is 11.6 Å². The Bertz CT molecular complexity index is 1640. The van der Waals surface area contributed by atoms with E-state index in [1.807, 2.05) is 77.7 Å². The summed E-state index contributed by atoms with van der Waals surface area (Å²) in [6, 6.07) is 26.7. The molecule has 180 valence electrons. The molecule has 3 aliphatic rings. The number of fused-ring (bicyclic) bond motifs is 6. The fourth-order valence-electron chi connectivity index (χ4n) is 6.17. The minimum atomic E-state index is -0.816. The van der Waals surface area contributed by atoms with Crippen molar-refractivity contribution in [1.29, 1.82) is 0 Å². The SMILES string of the molecule is O=C(c1ccc(Cl)cc1)[C@@H]1[C@@H]2C(=O)N(c3ccc4ccccc4c3)C(=O)[C@@H]2[C@H]2C=Cc3ccccc3N21. The van der Waals surface area contributed by atoms with E-state index in [9.17, 15) is 14.4 Å². The van der Waals surface area contributed by atoms with Crippen molar-refractivity contribution in [2.75, 3.05) is 9.80 Å². The van der Waals surface area contributed by atoms with Gasteiger partial charge in [0.25, 0.3) is 0 Å². The lowest BCUT2D eigenvalue weighted by Gasteiger charge is -2.36. The maximum atomic E-state index is 14.1. The Morgan fingerprint density at radius 1 is 0.757 bits per heavy atom. The van der Waals surface area contributed by atoms with Gasteiger partial charge in [-0.25, -0.2) is 4.90 Å². The topological polar surface area (TPSA) is 57.7 Å². The van der Waals surface area contributed by atoms with E-state index in [0.717, 1.165) is 22.0 Å². The van der Waals surface area contributed by atoms with E-state index < -0.39 is 23.9 Å². The van der Waals surface area contributed by atoms with E-state index in [4.69, 9.17) is 11.6 Å². The molecule has 0 saturated carbocycles. The number of rotatable bonds is 3. The third-order valence-electron chi connectivity index (χ3n) is 7.80. The van der Waals surface area contributed by atoms with Gasteiger partial charge in [-0.05, 0) is 58.8 Å². The van der Waals surface area contributed by atoms with Crippen LogP contribution in [-0.2, 0) is 9.59 Å². The molecular weight excluding hydrogens is 484 g/mol. The number of carbonyl (C=O) groups excluding carboxylic acids is 3. The van der Waals surface area contributed by atoms with Gasteiger partial charge in [0.15, 0.2) is 5.78 Å². The summed E-state index contributed by atoms with van der Waals surface area (Å²) < 4.78 is 0. The Morgan fingerprint density at radius 3 is 2.27 bits per heavy atom. The highest BCUT2D eigenvalue weighted by Crippen LogP contribution is 2.50. The van der Waals surface area contributed by atoms with Crippen LogP contribution < -0.4 is 9.80 Å². The van der Waals surface area contributed by atoms with Gasteiger partial charge in [-0.3, -0.25) is 14.4 Å². The first-order chi connectivity index (χ1) is 18.0. The molecule has 0 spiro atoms. The molecule has 3 aliphatic heterocycles. The smallest absolute Gasteiger partial charge is 0.240 e. The first-order valence-electron chi connectivity index (χ1n) is 12.2. The highest BCUT2D eigenvalue weighted by molar-refractivity contribution is 6.30. The van der Waals surface area contributed by atoms with Crippen LogP contribution in [0.3, 0.4) is 0 Å². The number of carbonyl (C=O) groups is 3. The molecule has 4 atom stereocenters. The number of hydrogen-bond donors (Lipinski definition) is 0. The van der Waals surface area contributed by atoms with E-state index in [-0.39, 0.29) is 17.6 Å². The van der Waals surface area contributed by atoms with Crippen molar-refractivity contribution in [3.05, 3.63) is 113 Å².